The van der Waals surface area contributed by atoms with Crippen molar-refractivity contribution in [1.29, 1.82) is 0 Å². The lowest BCUT2D eigenvalue weighted by molar-refractivity contribution is -0.139. The molecule has 3 aromatic rings. The third kappa shape index (κ3) is 4.66. The number of amides is 1. The summed E-state index contributed by atoms with van der Waals surface area (Å²) in [5, 5.41) is 11.2. The van der Waals surface area contributed by atoms with Crippen molar-refractivity contribution in [3.8, 4) is 11.5 Å². The largest absolute Gasteiger partial charge is 0.507 e. The molecule has 1 aliphatic rings. The van der Waals surface area contributed by atoms with Crippen LogP contribution in [0.15, 0.2) is 84.4 Å². The fourth-order valence-electron chi connectivity index (χ4n) is 4.19. The van der Waals surface area contributed by atoms with Crippen molar-refractivity contribution in [2.45, 2.75) is 19.4 Å². The van der Waals surface area contributed by atoms with E-state index in [1.54, 1.807) is 43.5 Å². The van der Waals surface area contributed by atoms with Gasteiger partial charge in [0.1, 0.15) is 17.3 Å². The molecule has 1 heterocycles. The van der Waals surface area contributed by atoms with Crippen LogP contribution in [0, 0.1) is 0 Å². The highest BCUT2D eigenvalue weighted by Crippen LogP contribution is 2.40. The van der Waals surface area contributed by atoms with Crippen LogP contribution in [0.3, 0.4) is 0 Å². The number of aliphatic hydroxyl groups excluding tert-OH is 1. The van der Waals surface area contributed by atoms with Crippen molar-refractivity contribution in [3.63, 3.8) is 0 Å². The van der Waals surface area contributed by atoms with Crippen LogP contribution in [-0.4, -0.2) is 42.0 Å². The Morgan fingerprint density at radius 1 is 0.941 bits per heavy atom. The smallest absolute Gasteiger partial charge is 0.295 e. The molecule has 1 atom stereocenters. The Labute approximate surface area is 199 Å². The van der Waals surface area contributed by atoms with Crippen LogP contribution in [0.1, 0.15) is 29.7 Å². The number of ether oxygens (including phenoxy) is 2. The maximum atomic E-state index is 13.2. The molecular weight excluding hydrogens is 430 g/mol. The van der Waals surface area contributed by atoms with E-state index in [2.05, 4.69) is 0 Å². The van der Waals surface area contributed by atoms with Crippen LogP contribution in [-0.2, 0) is 16.0 Å². The molecule has 1 saturated heterocycles. The van der Waals surface area contributed by atoms with E-state index < -0.39 is 17.7 Å². The van der Waals surface area contributed by atoms with Crippen LogP contribution >= 0.6 is 0 Å². The molecule has 1 aliphatic heterocycles. The molecule has 3 aromatic carbocycles. The van der Waals surface area contributed by atoms with Gasteiger partial charge in [0.05, 0.1) is 25.3 Å². The summed E-state index contributed by atoms with van der Waals surface area (Å²) in [5.74, 6) is -0.279. The molecule has 1 unspecified atom stereocenters. The summed E-state index contributed by atoms with van der Waals surface area (Å²) >= 11 is 0. The Balaban J connectivity index is 1.77. The van der Waals surface area contributed by atoms with Crippen molar-refractivity contribution in [2.75, 3.05) is 20.3 Å². The second-order valence-electron chi connectivity index (χ2n) is 7.96. The molecule has 0 radical (unpaired) electrons. The average molecular weight is 458 g/mol. The minimum atomic E-state index is -0.731. The Kier molecular flexibility index (Phi) is 6.97. The highest BCUT2D eigenvalue weighted by atomic mass is 16.5. The van der Waals surface area contributed by atoms with E-state index in [0.717, 1.165) is 5.56 Å². The first-order chi connectivity index (χ1) is 16.5. The average Bonchev–Trinajstić information content (AvgIpc) is 3.13. The lowest BCUT2D eigenvalue weighted by atomic mass is 9.95. The van der Waals surface area contributed by atoms with Crippen molar-refractivity contribution in [1.82, 2.24) is 4.90 Å². The van der Waals surface area contributed by atoms with E-state index in [1.165, 1.54) is 4.90 Å². The molecule has 4 rings (SSSR count). The molecule has 0 aromatic heterocycles. The fraction of sp³-hybridized carbons (Fsp3) is 0.214. The van der Waals surface area contributed by atoms with E-state index in [0.29, 0.717) is 42.2 Å². The zero-order valence-corrected chi connectivity index (χ0v) is 19.2. The number of ketones is 1. The molecular formula is C28H27NO5. The lowest BCUT2D eigenvalue weighted by Gasteiger charge is -2.25. The van der Waals surface area contributed by atoms with Gasteiger partial charge in [0, 0.05) is 12.1 Å². The molecule has 1 fully saturated rings. The summed E-state index contributed by atoms with van der Waals surface area (Å²) in [6.45, 7) is 2.74. The van der Waals surface area contributed by atoms with E-state index in [-0.39, 0.29) is 11.3 Å². The first kappa shape index (κ1) is 23.1. The quantitative estimate of drug-likeness (QED) is 0.300. The van der Waals surface area contributed by atoms with Crippen molar-refractivity contribution in [2.24, 2.45) is 0 Å². The number of hydrogen-bond donors (Lipinski definition) is 1. The first-order valence-electron chi connectivity index (χ1n) is 11.2. The van der Waals surface area contributed by atoms with Crippen LogP contribution in [0.25, 0.3) is 5.76 Å². The van der Waals surface area contributed by atoms with Crippen LogP contribution < -0.4 is 9.47 Å². The third-order valence-corrected chi connectivity index (χ3v) is 5.87. The number of Topliss-reactive ketones (excluding diaryl/α,β-unsaturated/α-hetero) is 1. The predicted octanol–water partition coefficient (Wildman–Crippen LogP) is 4.76. The van der Waals surface area contributed by atoms with E-state index >= 15 is 0 Å². The normalized spacial score (nSPS) is 17.1. The molecule has 1 N–H and O–H groups in total. The van der Waals surface area contributed by atoms with Gasteiger partial charge in [0.2, 0.25) is 0 Å². The van der Waals surface area contributed by atoms with Gasteiger partial charge in [-0.25, -0.2) is 0 Å². The van der Waals surface area contributed by atoms with Crippen molar-refractivity contribution < 1.29 is 24.2 Å². The van der Waals surface area contributed by atoms with Crippen molar-refractivity contribution >= 4 is 17.4 Å². The van der Waals surface area contributed by atoms with Gasteiger partial charge in [-0.15, -0.1) is 0 Å². The van der Waals surface area contributed by atoms with Crippen LogP contribution in [0.5, 0.6) is 11.5 Å². The van der Waals surface area contributed by atoms with Gasteiger partial charge >= 0.3 is 0 Å². The molecule has 0 bridgehead atoms. The number of methoxy groups -OCH3 is 1. The molecule has 34 heavy (non-hydrogen) atoms. The summed E-state index contributed by atoms with van der Waals surface area (Å²) in [5.41, 5.74) is 2.26. The monoisotopic (exact) mass is 457 g/mol. The maximum Gasteiger partial charge on any atom is 0.295 e. The third-order valence-electron chi connectivity index (χ3n) is 5.87. The number of rotatable bonds is 8. The molecule has 0 spiro atoms. The van der Waals surface area contributed by atoms with Gasteiger partial charge in [-0.05, 0) is 60.9 Å². The molecule has 174 valence electrons. The summed E-state index contributed by atoms with van der Waals surface area (Å²) in [6, 6.07) is 23.1. The Morgan fingerprint density at radius 3 is 2.35 bits per heavy atom. The molecule has 0 saturated carbocycles. The summed E-state index contributed by atoms with van der Waals surface area (Å²) < 4.78 is 10.8. The van der Waals surface area contributed by atoms with Gasteiger partial charge in [0.15, 0.2) is 0 Å². The number of nitrogens with zero attached hydrogens (tertiary/aromatic N) is 1. The highest BCUT2D eigenvalue weighted by Gasteiger charge is 2.45. The topological polar surface area (TPSA) is 76.1 Å². The Morgan fingerprint density at radius 2 is 1.68 bits per heavy atom. The second kappa shape index (κ2) is 10.3. The fourth-order valence-corrected chi connectivity index (χ4v) is 4.19. The number of carbonyl (C=O) groups excluding carboxylic acids is 2. The Bertz CT molecular complexity index is 1200. The molecule has 1 amide bonds. The van der Waals surface area contributed by atoms with Gasteiger partial charge in [0.25, 0.3) is 11.7 Å². The van der Waals surface area contributed by atoms with E-state index in [9.17, 15) is 14.7 Å². The van der Waals surface area contributed by atoms with Crippen LogP contribution in [0.4, 0.5) is 0 Å². The van der Waals surface area contributed by atoms with Gasteiger partial charge in [-0.2, -0.15) is 0 Å². The molecule has 6 nitrogen and oxygen atoms in total. The SMILES string of the molecule is CCOc1ccc(/C(O)=C2\C(=O)C(=O)N(CCc3ccccc3)C2c2cccc(OC)c2)cc1. The standard InChI is InChI=1S/C28H27NO5/c1-3-34-22-14-12-20(13-15-22)26(30)24-25(21-10-7-11-23(18-21)33-2)29(28(32)27(24)31)17-16-19-8-5-4-6-9-19/h4-15,18,25,30H,3,16-17H2,1-2H3/b26-24+. The number of likely N-dealkylation sites (tertiary alicyclic amines) is 1. The number of benzene rings is 3. The Hall–Kier alpha value is -4.06. The molecule has 6 heteroatoms. The zero-order valence-electron chi connectivity index (χ0n) is 19.2. The van der Waals surface area contributed by atoms with Gasteiger partial charge in [-0.1, -0.05) is 42.5 Å². The minimum absolute atomic E-state index is 0.0653. The zero-order chi connectivity index (χ0) is 24.1. The van der Waals surface area contributed by atoms with E-state index in [4.69, 9.17) is 9.47 Å². The van der Waals surface area contributed by atoms with Gasteiger partial charge < -0.3 is 19.5 Å². The summed E-state index contributed by atoms with van der Waals surface area (Å²) in [7, 11) is 1.56. The minimum Gasteiger partial charge on any atom is -0.507 e. The first-order valence-corrected chi connectivity index (χ1v) is 11.2. The maximum absolute atomic E-state index is 13.2. The number of aliphatic hydroxyl groups is 1. The number of carbonyl (C=O) groups is 2. The second-order valence-corrected chi connectivity index (χ2v) is 7.96. The van der Waals surface area contributed by atoms with E-state index in [1.807, 2.05) is 49.4 Å². The number of hydrogen-bond acceptors (Lipinski definition) is 5. The van der Waals surface area contributed by atoms with Gasteiger partial charge in [-0.3, -0.25) is 9.59 Å². The lowest BCUT2D eigenvalue weighted by Crippen LogP contribution is -2.31. The summed E-state index contributed by atoms with van der Waals surface area (Å²) in [4.78, 5) is 27.8. The predicted molar refractivity (Wildman–Crippen MR) is 130 cm³/mol. The molecule has 0 aliphatic carbocycles. The van der Waals surface area contributed by atoms with Crippen LogP contribution in [0.2, 0.25) is 0 Å². The van der Waals surface area contributed by atoms with Crippen molar-refractivity contribution in [3.05, 3.63) is 101 Å². The summed E-state index contributed by atoms with van der Waals surface area (Å²) in [6.07, 6.45) is 0.581. The highest BCUT2D eigenvalue weighted by molar-refractivity contribution is 6.46.